The van der Waals surface area contributed by atoms with E-state index in [0.717, 1.165) is 23.0 Å². The predicted octanol–water partition coefficient (Wildman–Crippen LogP) is 7.52. The number of hydrazone groups is 1. The van der Waals surface area contributed by atoms with Crippen molar-refractivity contribution < 1.29 is 0 Å². The number of aryl methyl sites for hydroxylation is 1. The molecule has 1 heterocycles. The highest BCUT2D eigenvalue weighted by molar-refractivity contribution is 9.10. The van der Waals surface area contributed by atoms with Crippen LogP contribution in [0.3, 0.4) is 0 Å². The van der Waals surface area contributed by atoms with E-state index in [-0.39, 0.29) is 6.04 Å². The third-order valence-electron chi connectivity index (χ3n) is 6.70. The summed E-state index contributed by atoms with van der Waals surface area (Å²) in [6, 6.07) is 33.0. The molecule has 0 radical (unpaired) electrons. The van der Waals surface area contributed by atoms with Crippen LogP contribution in [0.4, 0.5) is 5.69 Å². The van der Waals surface area contributed by atoms with Crippen molar-refractivity contribution in [1.82, 2.24) is 0 Å². The van der Waals surface area contributed by atoms with Crippen LogP contribution in [0.25, 0.3) is 10.8 Å². The summed E-state index contributed by atoms with van der Waals surface area (Å²) in [4.78, 5) is 0. The zero-order valence-electron chi connectivity index (χ0n) is 17.2. The number of anilines is 1. The Morgan fingerprint density at radius 2 is 1.58 bits per heavy atom. The molecule has 0 saturated carbocycles. The topological polar surface area (TPSA) is 15.6 Å². The van der Waals surface area contributed by atoms with E-state index < -0.39 is 0 Å². The molecule has 4 aromatic rings. The minimum Gasteiger partial charge on any atom is -0.257 e. The molecule has 2 nitrogen and oxygen atoms in total. The molecule has 0 N–H and O–H groups in total. The van der Waals surface area contributed by atoms with E-state index in [4.69, 9.17) is 5.10 Å². The SMILES string of the molecule is Brc1ccc(N2N=C3c4ccccc4CCCC3C2c2cccc3ccccc23)cc1. The number of fused-ring (bicyclic) bond motifs is 4. The molecule has 2 atom stereocenters. The van der Waals surface area contributed by atoms with E-state index >= 15 is 0 Å². The van der Waals surface area contributed by atoms with Gasteiger partial charge in [-0.15, -0.1) is 0 Å². The minimum atomic E-state index is 0.188. The average Bonchev–Trinajstić information content (AvgIpc) is 3.08. The molecular formula is C28H23BrN2. The maximum atomic E-state index is 5.31. The summed E-state index contributed by atoms with van der Waals surface area (Å²) in [5.41, 5.74) is 6.50. The number of rotatable bonds is 2. The van der Waals surface area contributed by atoms with Crippen LogP contribution in [-0.4, -0.2) is 5.71 Å². The van der Waals surface area contributed by atoms with Gasteiger partial charge in [0, 0.05) is 16.0 Å². The van der Waals surface area contributed by atoms with Gasteiger partial charge >= 0.3 is 0 Å². The minimum absolute atomic E-state index is 0.188. The molecule has 6 rings (SSSR count). The van der Waals surface area contributed by atoms with E-state index in [2.05, 4.69) is 112 Å². The molecule has 1 aliphatic heterocycles. The van der Waals surface area contributed by atoms with Crippen molar-refractivity contribution in [3.63, 3.8) is 0 Å². The van der Waals surface area contributed by atoms with Crippen molar-refractivity contribution in [3.8, 4) is 0 Å². The van der Waals surface area contributed by atoms with Crippen molar-refractivity contribution in [1.29, 1.82) is 0 Å². The van der Waals surface area contributed by atoms with Gasteiger partial charge in [0.15, 0.2) is 0 Å². The molecule has 4 aromatic carbocycles. The molecule has 0 spiro atoms. The van der Waals surface area contributed by atoms with Crippen molar-refractivity contribution in [2.24, 2.45) is 11.0 Å². The standard InChI is InChI=1S/C28H23BrN2/c29-21-15-17-22(18-16-21)31-28(25-13-5-9-19-7-1-3-11-23(19)25)26-14-6-10-20-8-2-4-12-24(20)27(26)30-31/h1-5,7-9,11-13,15-18,26,28H,6,10,14H2. The predicted molar refractivity (Wildman–Crippen MR) is 133 cm³/mol. The number of benzene rings is 4. The number of halogens is 1. The summed E-state index contributed by atoms with van der Waals surface area (Å²) >= 11 is 3.59. The number of nitrogens with zero attached hydrogens (tertiary/aromatic N) is 2. The van der Waals surface area contributed by atoms with Gasteiger partial charge in [0.25, 0.3) is 0 Å². The number of hydrogen-bond donors (Lipinski definition) is 0. The lowest BCUT2D eigenvalue weighted by atomic mass is 9.83. The first-order chi connectivity index (χ1) is 15.3. The summed E-state index contributed by atoms with van der Waals surface area (Å²) < 4.78 is 1.09. The molecular weight excluding hydrogens is 444 g/mol. The van der Waals surface area contributed by atoms with Crippen LogP contribution in [0.2, 0.25) is 0 Å². The van der Waals surface area contributed by atoms with Crippen LogP contribution < -0.4 is 5.01 Å². The molecule has 152 valence electrons. The second-order valence-electron chi connectivity index (χ2n) is 8.48. The molecule has 2 unspecified atom stereocenters. The van der Waals surface area contributed by atoms with Gasteiger partial charge in [-0.1, -0.05) is 82.7 Å². The highest BCUT2D eigenvalue weighted by atomic mass is 79.9. The van der Waals surface area contributed by atoms with E-state index in [1.54, 1.807) is 0 Å². The Bertz CT molecular complexity index is 1290. The second-order valence-corrected chi connectivity index (χ2v) is 9.39. The van der Waals surface area contributed by atoms with Gasteiger partial charge < -0.3 is 0 Å². The first-order valence-electron chi connectivity index (χ1n) is 11.0. The van der Waals surface area contributed by atoms with Crippen molar-refractivity contribution >= 4 is 38.1 Å². The molecule has 3 heteroatoms. The monoisotopic (exact) mass is 466 g/mol. The molecule has 2 aliphatic rings. The largest absolute Gasteiger partial charge is 0.257 e. The molecule has 0 saturated heterocycles. The second kappa shape index (κ2) is 7.65. The maximum Gasteiger partial charge on any atom is 0.0866 e. The highest BCUT2D eigenvalue weighted by Crippen LogP contribution is 2.46. The van der Waals surface area contributed by atoms with E-state index in [1.165, 1.54) is 39.6 Å². The van der Waals surface area contributed by atoms with E-state index in [9.17, 15) is 0 Å². The summed E-state index contributed by atoms with van der Waals surface area (Å²) in [7, 11) is 0. The van der Waals surface area contributed by atoms with Gasteiger partial charge in [-0.2, -0.15) is 5.10 Å². The first kappa shape index (κ1) is 18.8. The van der Waals surface area contributed by atoms with Crippen LogP contribution in [0.1, 0.15) is 35.6 Å². The van der Waals surface area contributed by atoms with Crippen LogP contribution in [0.5, 0.6) is 0 Å². The lowest BCUT2D eigenvalue weighted by Crippen LogP contribution is -2.25. The van der Waals surface area contributed by atoms with Gasteiger partial charge in [0.2, 0.25) is 0 Å². The smallest absolute Gasteiger partial charge is 0.0866 e. The van der Waals surface area contributed by atoms with Crippen LogP contribution in [0.15, 0.2) is 101 Å². The van der Waals surface area contributed by atoms with Crippen LogP contribution in [-0.2, 0) is 6.42 Å². The van der Waals surface area contributed by atoms with Gasteiger partial charge in [-0.05, 0) is 65.4 Å². The van der Waals surface area contributed by atoms with Crippen molar-refractivity contribution in [2.75, 3.05) is 5.01 Å². The molecule has 0 fully saturated rings. The Kier molecular flexibility index (Phi) is 4.65. The van der Waals surface area contributed by atoms with Gasteiger partial charge in [-0.3, -0.25) is 5.01 Å². The lowest BCUT2D eigenvalue weighted by molar-refractivity contribution is 0.507. The normalized spacial score (nSPS) is 20.2. The Hall–Kier alpha value is -2.91. The fourth-order valence-electron chi connectivity index (χ4n) is 5.29. The lowest BCUT2D eigenvalue weighted by Gasteiger charge is -2.29. The van der Waals surface area contributed by atoms with E-state index in [0.29, 0.717) is 5.92 Å². The molecule has 31 heavy (non-hydrogen) atoms. The summed E-state index contributed by atoms with van der Waals surface area (Å²) in [6.45, 7) is 0. The highest BCUT2D eigenvalue weighted by Gasteiger charge is 2.41. The molecule has 0 aromatic heterocycles. The maximum absolute atomic E-state index is 5.31. The van der Waals surface area contributed by atoms with Crippen molar-refractivity contribution in [2.45, 2.75) is 25.3 Å². The zero-order valence-corrected chi connectivity index (χ0v) is 18.8. The third-order valence-corrected chi connectivity index (χ3v) is 7.23. The Morgan fingerprint density at radius 3 is 2.48 bits per heavy atom. The van der Waals surface area contributed by atoms with Crippen LogP contribution >= 0.6 is 15.9 Å². The summed E-state index contributed by atoms with van der Waals surface area (Å²) in [5.74, 6) is 0.373. The third kappa shape index (κ3) is 3.19. The summed E-state index contributed by atoms with van der Waals surface area (Å²) in [5, 5.41) is 10.2. The van der Waals surface area contributed by atoms with Gasteiger partial charge in [0.1, 0.15) is 0 Å². The number of hydrogen-bond acceptors (Lipinski definition) is 2. The van der Waals surface area contributed by atoms with E-state index in [1.807, 2.05) is 0 Å². The quantitative estimate of drug-likeness (QED) is 0.298. The summed E-state index contributed by atoms with van der Waals surface area (Å²) in [6.07, 6.45) is 3.47. The first-order valence-corrected chi connectivity index (χ1v) is 11.8. The molecule has 0 amide bonds. The average molecular weight is 467 g/mol. The fourth-order valence-corrected chi connectivity index (χ4v) is 5.55. The fraction of sp³-hybridized carbons (Fsp3) is 0.179. The van der Waals surface area contributed by atoms with Gasteiger partial charge in [0.05, 0.1) is 17.4 Å². The molecule has 1 aliphatic carbocycles. The Morgan fingerprint density at radius 1 is 0.806 bits per heavy atom. The molecule has 0 bridgehead atoms. The van der Waals surface area contributed by atoms with Gasteiger partial charge in [-0.25, -0.2) is 0 Å². The zero-order chi connectivity index (χ0) is 20.8. The van der Waals surface area contributed by atoms with Crippen molar-refractivity contribution in [3.05, 3.63) is 112 Å². The Balaban J connectivity index is 1.57. The van der Waals surface area contributed by atoms with Crippen LogP contribution in [0, 0.1) is 5.92 Å². The Labute approximate surface area is 191 Å².